The zero-order valence-corrected chi connectivity index (χ0v) is 13.1. The average Bonchev–Trinajstić information content (AvgIpc) is 2.58. The molecule has 1 aromatic heterocycles. The summed E-state index contributed by atoms with van der Waals surface area (Å²) in [5.41, 5.74) is 2.35. The summed E-state index contributed by atoms with van der Waals surface area (Å²) in [4.78, 5) is 37.1. The third kappa shape index (κ3) is 1.78. The van der Waals surface area contributed by atoms with Crippen molar-refractivity contribution in [1.82, 2.24) is 4.57 Å². The molecule has 0 N–H and O–H groups in total. The van der Waals surface area contributed by atoms with Crippen LogP contribution in [-0.2, 0) is 11.8 Å². The van der Waals surface area contributed by atoms with Crippen LogP contribution in [0.3, 0.4) is 0 Å². The molecule has 0 unspecified atom stereocenters. The number of hydrogen-bond donors (Lipinski definition) is 0. The Balaban J connectivity index is 2.30. The standard InChI is InChI=1S/C19H13NO4/c1-10(21)24-18-16-11-6-3-4-7-12(11)17(22)13-8-5-9-14(15(13)16)20(2)19(18)23/h3-9H,1-2H3. The maximum atomic E-state index is 12.8. The van der Waals surface area contributed by atoms with E-state index < -0.39 is 11.5 Å². The number of nitrogens with zero attached hydrogens (tertiary/aromatic N) is 1. The number of fused-ring (bicyclic) bond motifs is 2. The van der Waals surface area contributed by atoms with E-state index in [0.29, 0.717) is 33.2 Å². The van der Waals surface area contributed by atoms with Gasteiger partial charge in [0.15, 0.2) is 5.78 Å². The number of hydrogen-bond acceptors (Lipinski definition) is 4. The molecule has 0 spiro atoms. The number of benzene rings is 2. The summed E-state index contributed by atoms with van der Waals surface area (Å²) in [6.45, 7) is 1.25. The van der Waals surface area contributed by atoms with Crippen molar-refractivity contribution in [3.05, 3.63) is 63.9 Å². The second-order valence-electron chi connectivity index (χ2n) is 5.74. The first-order valence-corrected chi connectivity index (χ1v) is 7.49. The highest BCUT2D eigenvalue weighted by Gasteiger charge is 2.30. The van der Waals surface area contributed by atoms with Crippen LogP contribution in [-0.4, -0.2) is 16.3 Å². The van der Waals surface area contributed by atoms with Gasteiger partial charge >= 0.3 is 5.97 Å². The molecule has 0 aliphatic heterocycles. The average molecular weight is 319 g/mol. The molecule has 3 aromatic rings. The molecule has 5 heteroatoms. The first-order chi connectivity index (χ1) is 11.5. The van der Waals surface area contributed by atoms with E-state index in [4.69, 9.17) is 4.74 Å². The molecular weight excluding hydrogens is 306 g/mol. The molecule has 118 valence electrons. The van der Waals surface area contributed by atoms with Gasteiger partial charge in [0.25, 0.3) is 5.56 Å². The summed E-state index contributed by atoms with van der Waals surface area (Å²) in [7, 11) is 1.60. The van der Waals surface area contributed by atoms with E-state index in [1.807, 2.05) is 0 Å². The molecular formula is C19H13NO4. The zero-order chi connectivity index (χ0) is 17.0. The number of ether oxygens (including phenoxy) is 1. The Morgan fingerprint density at radius 2 is 1.62 bits per heavy atom. The van der Waals surface area contributed by atoms with Gasteiger partial charge in [-0.05, 0) is 11.6 Å². The number of carbonyl (C=O) groups is 2. The second kappa shape index (κ2) is 4.89. The summed E-state index contributed by atoms with van der Waals surface area (Å²) >= 11 is 0. The Bertz CT molecular complexity index is 1110. The summed E-state index contributed by atoms with van der Waals surface area (Å²) < 4.78 is 6.66. The van der Waals surface area contributed by atoms with Crippen molar-refractivity contribution in [3.8, 4) is 16.9 Å². The van der Waals surface area contributed by atoms with Gasteiger partial charge in [0, 0.05) is 36.0 Å². The molecule has 2 aromatic carbocycles. The van der Waals surface area contributed by atoms with Crippen LogP contribution in [0.4, 0.5) is 0 Å². The van der Waals surface area contributed by atoms with E-state index in [0.717, 1.165) is 0 Å². The van der Waals surface area contributed by atoms with Gasteiger partial charge in [0.2, 0.25) is 5.75 Å². The highest BCUT2D eigenvalue weighted by atomic mass is 16.5. The third-order valence-electron chi connectivity index (χ3n) is 4.31. The summed E-state index contributed by atoms with van der Waals surface area (Å²) in [5, 5.41) is 0.638. The molecule has 1 heterocycles. The number of pyridine rings is 1. The van der Waals surface area contributed by atoms with Crippen molar-refractivity contribution in [2.24, 2.45) is 7.05 Å². The quantitative estimate of drug-likeness (QED) is 0.506. The molecule has 1 aliphatic carbocycles. The Hall–Kier alpha value is -3.21. The van der Waals surface area contributed by atoms with Crippen LogP contribution in [0.2, 0.25) is 0 Å². The number of rotatable bonds is 1. The van der Waals surface area contributed by atoms with E-state index >= 15 is 0 Å². The molecule has 0 bridgehead atoms. The van der Waals surface area contributed by atoms with E-state index in [1.54, 1.807) is 49.5 Å². The molecule has 0 radical (unpaired) electrons. The van der Waals surface area contributed by atoms with Gasteiger partial charge in [-0.15, -0.1) is 0 Å². The van der Waals surface area contributed by atoms with Crippen LogP contribution in [0.15, 0.2) is 47.3 Å². The van der Waals surface area contributed by atoms with E-state index in [9.17, 15) is 14.4 Å². The molecule has 0 saturated heterocycles. The van der Waals surface area contributed by atoms with Gasteiger partial charge in [-0.2, -0.15) is 0 Å². The minimum absolute atomic E-state index is 0.0371. The van der Waals surface area contributed by atoms with Crippen LogP contribution in [0.25, 0.3) is 22.0 Å². The second-order valence-corrected chi connectivity index (χ2v) is 5.74. The lowest BCUT2D eigenvalue weighted by Crippen LogP contribution is -2.24. The topological polar surface area (TPSA) is 65.4 Å². The summed E-state index contributed by atoms with van der Waals surface area (Å²) in [6, 6.07) is 12.3. The Kier molecular flexibility index (Phi) is 2.93. The molecule has 0 amide bonds. The predicted octanol–water partition coefficient (Wildman–Crippen LogP) is 2.68. The summed E-state index contributed by atoms with van der Waals surface area (Å²) in [6.07, 6.45) is 0. The monoisotopic (exact) mass is 319 g/mol. The molecule has 4 rings (SSSR count). The molecule has 0 fully saturated rings. The fraction of sp³-hybridized carbons (Fsp3) is 0.105. The summed E-state index contributed by atoms with van der Waals surface area (Å²) in [5.74, 6) is -0.712. The number of aromatic nitrogens is 1. The SMILES string of the molecule is CC(=O)Oc1c2c3c(cccc3n(C)c1=O)C(=O)c1ccccc1-2. The van der Waals surface area contributed by atoms with Crippen LogP contribution in [0.1, 0.15) is 22.8 Å². The minimum Gasteiger partial charge on any atom is -0.420 e. The Labute approximate surface area is 137 Å². The zero-order valence-electron chi connectivity index (χ0n) is 13.1. The van der Waals surface area contributed by atoms with E-state index in [-0.39, 0.29) is 11.5 Å². The van der Waals surface area contributed by atoms with Gasteiger partial charge in [0.1, 0.15) is 0 Å². The maximum Gasteiger partial charge on any atom is 0.308 e. The fourth-order valence-electron chi connectivity index (χ4n) is 3.29. The van der Waals surface area contributed by atoms with Crippen molar-refractivity contribution >= 4 is 22.7 Å². The highest BCUT2D eigenvalue weighted by molar-refractivity contribution is 6.26. The smallest absolute Gasteiger partial charge is 0.308 e. The number of ketones is 1. The molecule has 0 saturated carbocycles. The van der Waals surface area contributed by atoms with Crippen molar-refractivity contribution in [2.45, 2.75) is 6.92 Å². The highest BCUT2D eigenvalue weighted by Crippen LogP contribution is 2.42. The largest absolute Gasteiger partial charge is 0.420 e. The van der Waals surface area contributed by atoms with Gasteiger partial charge in [-0.25, -0.2) is 0 Å². The van der Waals surface area contributed by atoms with Crippen molar-refractivity contribution in [1.29, 1.82) is 0 Å². The lowest BCUT2D eigenvalue weighted by Gasteiger charge is -2.22. The van der Waals surface area contributed by atoms with Crippen LogP contribution in [0, 0.1) is 0 Å². The Morgan fingerprint density at radius 1 is 0.958 bits per heavy atom. The minimum atomic E-state index is -0.574. The molecule has 0 atom stereocenters. The molecule has 24 heavy (non-hydrogen) atoms. The van der Waals surface area contributed by atoms with Gasteiger partial charge in [-0.3, -0.25) is 14.4 Å². The normalized spacial score (nSPS) is 12.2. The number of carbonyl (C=O) groups excluding carboxylic acids is 2. The van der Waals surface area contributed by atoms with Crippen LogP contribution >= 0.6 is 0 Å². The van der Waals surface area contributed by atoms with Crippen LogP contribution in [0.5, 0.6) is 5.75 Å². The lowest BCUT2D eigenvalue weighted by molar-refractivity contribution is -0.131. The van der Waals surface area contributed by atoms with Crippen molar-refractivity contribution in [2.75, 3.05) is 0 Å². The van der Waals surface area contributed by atoms with E-state index in [2.05, 4.69) is 0 Å². The predicted molar refractivity (Wildman–Crippen MR) is 89.4 cm³/mol. The maximum absolute atomic E-state index is 12.8. The fourth-order valence-corrected chi connectivity index (χ4v) is 3.29. The lowest BCUT2D eigenvalue weighted by atomic mass is 9.83. The third-order valence-corrected chi connectivity index (χ3v) is 4.31. The molecule has 1 aliphatic rings. The first-order valence-electron chi connectivity index (χ1n) is 7.49. The van der Waals surface area contributed by atoms with E-state index in [1.165, 1.54) is 11.5 Å². The van der Waals surface area contributed by atoms with Crippen molar-refractivity contribution in [3.63, 3.8) is 0 Å². The first kappa shape index (κ1) is 14.4. The number of aryl methyl sites for hydroxylation is 1. The van der Waals surface area contributed by atoms with Crippen LogP contribution < -0.4 is 10.3 Å². The molecule has 5 nitrogen and oxygen atoms in total. The van der Waals surface area contributed by atoms with Gasteiger partial charge < -0.3 is 9.30 Å². The number of esters is 1. The van der Waals surface area contributed by atoms with Crippen molar-refractivity contribution < 1.29 is 14.3 Å². The van der Waals surface area contributed by atoms with Gasteiger partial charge in [-0.1, -0.05) is 36.4 Å². The van der Waals surface area contributed by atoms with Gasteiger partial charge in [0.05, 0.1) is 5.52 Å². The Morgan fingerprint density at radius 3 is 2.33 bits per heavy atom.